The molecule has 3 heteroatoms. The molecule has 0 N–H and O–H groups in total. The Bertz CT molecular complexity index is 214. The van der Waals surface area contributed by atoms with E-state index in [1.807, 2.05) is 0 Å². The molecule has 1 aliphatic heterocycles. The third kappa shape index (κ3) is 2.51. The minimum atomic E-state index is -0.301. The van der Waals surface area contributed by atoms with Crippen molar-refractivity contribution in [3.8, 4) is 0 Å². The van der Waals surface area contributed by atoms with E-state index in [0.29, 0.717) is 12.0 Å². The number of rotatable bonds is 4. The monoisotopic (exact) mass is 168 g/mol. The average molecular weight is 168 g/mol. The highest BCUT2D eigenvalue weighted by Crippen LogP contribution is 2.19. The minimum absolute atomic E-state index is 0.204. The zero-order chi connectivity index (χ0) is 8.97. The normalized spacial score (nSPS) is 21.8. The number of epoxide rings is 1. The van der Waals surface area contributed by atoms with Crippen molar-refractivity contribution in [3.05, 3.63) is 24.3 Å². The molecule has 0 aliphatic carbocycles. The number of allylic oxidation sites excluding steroid dienone is 2. The van der Waals surface area contributed by atoms with Gasteiger partial charge in [-0.2, -0.15) is 0 Å². The SMILES string of the molecule is C=CC=C(CC1CO1)C(=O)OC. The quantitative estimate of drug-likeness (QED) is 0.273. The van der Waals surface area contributed by atoms with E-state index in [1.165, 1.54) is 7.11 Å². The van der Waals surface area contributed by atoms with Gasteiger partial charge in [-0.1, -0.05) is 18.7 Å². The highest BCUT2D eigenvalue weighted by molar-refractivity contribution is 5.88. The lowest BCUT2D eigenvalue weighted by molar-refractivity contribution is -0.136. The molecule has 1 saturated heterocycles. The van der Waals surface area contributed by atoms with Gasteiger partial charge >= 0.3 is 5.97 Å². The fourth-order valence-corrected chi connectivity index (χ4v) is 0.924. The highest BCUT2D eigenvalue weighted by Gasteiger charge is 2.26. The molecule has 1 rings (SSSR count). The van der Waals surface area contributed by atoms with Gasteiger partial charge in [0.05, 0.1) is 19.8 Å². The van der Waals surface area contributed by atoms with Crippen molar-refractivity contribution >= 4 is 5.97 Å². The van der Waals surface area contributed by atoms with Gasteiger partial charge in [0, 0.05) is 12.0 Å². The van der Waals surface area contributed by atoms with Gasteiger partial charge in [0.1, 0.15) is 0 Å². The predicted molar refractivity (Wildman–Crippen MR) is 44.7 cm³/mol. The second-order valence-corrected chi connectivity index (χ2v) is 2.58. The molecule has 0 aromatic heterocycles. The number of esters is 1. The number of carbonyl (C=O) groups excluding carboxylic acids is 1. The van der Waals surface area contributed by atoms with E-state index in [4.69, 9.17) is 4.74 Å². The van der Waals surface area contributed by atoms with Crippen molar-refractivity contribution in [2.45, 2.75) is 12.5 Å². The Balaban J connectivity index is 2.52. The molecular formula is C9H12O3. The lowest BCUT2D eigenvalue weighted by Crippen LogP contribution is -2.06. The Labute approximate surface area is 71.7 Å². The van der Waals surface area contributed by atoms with Crippen molar-refractivity contribution in [2.24, 2.45) is 0 Å². The van der Waals surface area contributed by atoms with Crippen LogP contribution in [0.3, 0.4) is 0 Å². The van der Waals surface area contributed by atoms with E-state index in [2.05, 4.69) is 11.3 Å². The molecule has 0 aromatic rings. The zero-order valence-corrected chi connectivity index (χ0v) is 7.08. The number of hydrogen-bond acceptors (Lipinski definition) is 3. The second-order valence-electron chi connectivity index (χ2n) is 2.58. The first-order valence-electron chi connectivity index (χ1n) is 3.79. The van der Waals surface area contributed by atoms with Gasteiger partial charge < -0.3 is 9.47 Å². The van der Waals surface area contributed by atoms with E-state index >= 15 is 0 Å². The molecule has 1 unspecified atom stereocenters. The summed E-state index contributed by atoms with van der Waals surface area (Å²) in [6.07, 6.45) is 4.07. The van der Waals surface area contributed by atoms with Crippen LogP contribution in [0.1, 0.15) is 6.42 Å². The fraction of sp³-hybridized carbons (Fsp3) is 0.444. The molecule has 1 atom stereocenters. The molecule has 0 spiro atoms. The third-order valence-corrected chi connectivity index (χ3v) is 1.62. The summed E-state index contributed by atoms with van der Waals surface area (Å²) in [4.78, 5) is 11.1. The van der Waals surface area contributed by atoms with E-state index in [0.717, 1.165) is 6.61 Å². The van der Waals surface area contributed by atoms with Crippen LogP contribution < -0.4 is 0 Å². The Kier molecular flexibility index (Phi) is 3.05. The largest absolute Gasteiger partial charge is 0.466 e. The summed E-state index contributed by atoms with van der Waals surface area (Å²) >= 11 is 0. The molecule has 1 aliphatic rings. The van der Waals surface area contributed by atoms with Crippen LogP contribution in [0.15, 0.2) is 24.3 Å². The summed E-state index contributed by atoms with van der Waals surface area (Å²) in [5.74, 6) is -0.301. The van der Waals surface area contributed by atoms with E-state index in [9.17, 15) is 4.79 Å². The van der Waals surface area contributed by atoms with Crippen LogP contribution in [0.25, 0.3) is 0 Å². The van der Waals surface area contributed by atoms with Crippen molar-refractivity contribution in [1.29, 1.82) is 0 Å². The molecule has 0 amide bonds. The van der Waals surface area contributed by atoms with Gasteiger partial charge in [-0.25, -0.2) is 4.79 Å². The van der Waals surface area contributed by atoms with Gasteiger partial charge in [0.2, 0.25) is 0 Å². The van der Waals surface area contributed by atoms with Gasteiger partial charge in [0.25, 0.3) is 0 Å². The molecule has 1 heterocycles. The van der Waals surface area contributed by atoms with Crippen molar-refractivity contribution in [3.63, 3.8) is 0 Å². The first-order valence-corrected chi connectivity index (χ1v) is 3.79. The molecule has 66 valence electrons. The smallest absolute Gasteiger partial charge is 0.333 e. The maximum absolute atomic E-state index is 11.1. The first kappa shape index (κ1) is 9.00. The standard InChI is InChI=1S/C9H12O3/c1-3-4-7(9(10)11-2)5-8-6-12-8/h3-4,8H,1,5-6H2,2H3. The summed E-state index contributed by atoms with van der Waals surface area (Å²) in [5, 5.41) is 0. The van der Waals surface area contributed by atoms with Gasteiger partial charge in [-0.15, -0.1) is 0 Å². The summed E-state index contributed by atoms with van der Waals surface area (Å²) < 4.78 is 9.58. The van der Waals surface area contributed by atoms with Gasteiger partial charge in [0.15, 0.2) is 0 Å². The van der Waals surface area contributed by atoms with Gasteiger partial charge in [-0.3, -0.25) is 0 Å². The Morgan fingerprint density at radius 3 is 2.92 bits per heavy atom. The molecule has 3 nitrogen and oxygen atoms in total. The maximum atomic E-state index is 11.1. The molecule has 0 saturated carbocycles. The van der Waals surface area contributed by atoms with E-state index < -0.39 is 0 Å². The van der Waals surface area contributed by atoms with E-state index in [1.54, 1.807) is 12.2 Å². The number of carbonyl (C=O) groups is 1. The second kappa shape index (κ2) is 4.07. The Hall–Kier alpha value is -1.09. The molecular weight excluding hydrogens is 156 g/mol. The van der Waals surface area contributed by atoms with E-state index in [-0.39, 0.29) is 12.1 Å². The van der Waals surface area contributed by atoms with Crippen LogP contribution in [0, 0.1) is 0 Å². The van der Waals surface area contributed by atoms with Crippen LogP contribution in [-0.2, 0) is 14.3 Å². The van der Waals surface area contributed by atoms with Gasteiger partial charge in [-0.05, 0) is 0 Å². The van der Waals surface area contributed by atoms with Crippen molar-refractivity contribution in [2.75, 3.05) is 13.7 Å². The first-order chi connectivity index (χ1) is 5.77. The summed E-state index contributed by atoms with van der Waals surface area (Å²) in [5.41, 5.74) is 0.620. The predicted octanol–water partition coefficient (Wildman–Crippen LogP) is 1.06. The highest BCUT2D eigenvalue weighted by atomic mass is 16.6. The molecule has 0 aromatic carbocycles. The minimum Gasteiger partial charge on any atom is -0.466 e. The van der Waals surface area contributed by atoms with Crippen molar-refractivity contribution < 1.29 is 14.3 Å². The molecule has 0 radical (unpaired) electrons. The zero-order valence-electron chi connectivity index (χ0n) is 7.08. The molecule has 0 bridgehead atoms. The molecule has 1 fully saturated rings. The fourth-order valence-electron chi connectivity index (χ4n) is 0.924. The summed E-state index contributed by atoms with van der Waals surface area (Å²) in [7, 11) is 1.37. The van der Waals surface area contributed by atoms with Crippen molar-refractivity contribution in [1.82, 2.24) is 0 Å². The van der Waals surface area contributed by atoms with Crippen LogP contribution >= 0.6 is 0 Å². The number of methoxy groups -OCH3 is 1. The lowest BCUT2D eigenvalue weighted by atomic mass is 10.1. The topological polar surface area (TPSA) is 38.8 Å². The Morgan fingerprint density at radius 2 is 2.50 bits per heavy atom. The lowest BCUT2D eigenvalue weighted by Gasteiger charge is -2.00. The van der Waals surface area contributed by atoms with Crippen LogP contribution in [0.2, 0.25) is 0 Å². The number of ether oxygens (including phenoxy) is 2. The van der Waals surface area contributed by atoms with Crippen LogP contribution in [0.5, 0.6) is 0 Å². The summed E-state index contributed by atoms with van der Waals surface area (Å²) in [6, 6.07) is 0. The van der Waals surface area contributed by atoms with Crippen LogP contribution in [-0.4, -0.2) is 25.8 Å². The number of hydrogen-bond donors (Lipinski definition) is 0. The molecule has 12 heavy (non-hydrogen) atoms. The average Bonchev–Trinajstić information content (AvgIpc) is 2.86. The van der Waals surface area contributed by atoms with Crippen LogP contribution in [0.4, 0.5) is 0 Å². The maximum Gasteiger partial charge on any atom is 0.333 e. The third-order valence-electron chi connectivity index (χ3n) is 1.62. The Morgan fingerprint density at radius 1 is 1.83 bits per heavy atom. The summed E-state index contributed by atoms with van der Waals surface area (Å²) in [6.45, 7) is 4.26.